The summed E-state index contributed by atoms with van der Waals surface area (Å²) in [7, 11) is 0. The highest BCUT2D eigenvalue weighted by Crippen LogP contribution is 2.28. The lowest BCUT2D eigenvalue weighted by Gasteiger charge is -2.20. The second-order valence-corrected chi connectivity index (χ2v) is 6.32. The molecule has 3 rings (SSSR count). The van der Waals surface area contributed by atoms with Gasteiger partial charge in [-0.15, -0.1) is 0 Å². The summed E-state index contributed by atoms with van der Waals surface area (Å²) in [5.74, 6) is -0.0363. The quantitative estimate of drug-likeness (QED) is 0.888. The van der Waals surface area contributed by atoms with Gasteiger partial charge in [0.15, 0.2) is 5.76 Å². The number of aryl methyl sites for hydroxylation is 1. The topological polar surface area (TPSA) is 71.7 Å². The van der Waals surface area contributed by atoms with Crippen LogP contribution in [0, 0.1) is 6.92 Å². The van der Waals surface area contributed by atoms with E-state index in [1.807, 2.05) is 25.1 Å². The number of nitrogens with one attached hydrogen (secondary N) is 1. The molecule has 1 aromatic carbocycles. The molecule has 2 heterocycles. The van der Waals surface area contributed by atoms with Crippen LogP contribution in [-0.2, 0) is 4.74 Å². The molecule has 0 bridgehead atoms. The third kappa shape index (κ3) is 2.84. The van der Waals surface area contributed by atoms with Gasteiger partial charge in [-0.1, -0.05) is 15.9 Å². The second kappa shape index (κ2) is 5.44. The molecule has 1 unspecified atom stereocenters. The Hall–Kier alpha value is -1.37. The van der Waals surface area contributed by atoms with Crippen LogP contribution in [0.3, 0.4) is 0 Å². The lowest BCUT2D eigenvalue weighted by atomic mass is 10.0. The maximum atomic E-state index is 12.3. The zero-order valence-electron chi connectivity index (χ0n) is 11.6. The number of carbonyl (C=O) groups is 1. The molecular weight excluding hydrogens is 338 g/mol. The molecule has 0 saturated carbocycles. The van der Waals surface area contributed by atoms with Crippen LogP contribution >= 0.6 is 15.9 Å². The normalized spacial score (nSPS) is 21.9. The molecule has 112 valence electrons. The Morgan fingerprint density at radius 1 is 1.52 bits per heavy atom. The Kier molecular flexibility index (Phi) is 3.77. The van der Waals surface area contributed by atoms with Crippen LogP contribution in [-0.4, -0.2) is 36.4 Å². The zero-order chi connectivity index (χ0) is 15.0. The van der Waals surface area contributed by atoms with E-state index in [0.29, 0.717) is 18.6 Å². The van der Waals surface area contributed by atoms with E-state index < -0.39 is 5.60 Å². The first-order valence-corrected chi connectivity index (χ1v) is 7.55. The number of fused-ring (bicyclic) bond motifs is 1. The van der Waals surface area contributed by atoms with Gasteiger partial charge in [-0.05, 0) is 25.1 Å². The average Bonchev–Trinajstić information content (AvgIpc) is 3.02. The largest absolute Gasteiger partial charge is 0.451 e. The predicted molar refractivity (Wildman–Crippen MR) is 81.4 cm³/mol. The van der Waals surface area contributed by atoms with Crippen molar-refractivity contribution in [3.63, 3.8) is 0 Å². The molecule has 2 aromatic rings. The van der Waals surface area contributed by atoms with Crippen LogP contribution in [0.4, 0.5) is 0 Å². The minimum atomic E-state index is -0.974. The molecule has 0 aliphatic carbocycles. The number of carbonyl (C=O) groups excluding carboxylic acids is 1. The van der Waals surface area contributed by atoms with Crippen molar-refractivity contribution in [2.75, 3.05) is 19.8 Å². The highest BCUT2D eigenvalue weighted by molar-refractivity contribution is 9.10. The number of hydrogen-bond donors (Lipinski definition) is 2. The summed E-state index contributed by atoms with van der Waals surface area (Å²) in [6.07, 6.45) is 0.527. The number of furan rings is 1. The first kappa shape index (κ1) is 14.6. The molecule has 1 fully saturated rings. The Balaban J connectivity index is 1.80. The maximum absolute atomic E-state index is 12.3. The maximum Gasteiger partial charge on any atom is 0.287 e. The van der Waals surface area contributed by atoms with Crippen molar-refractivity contribution in [3.05, 3.63) is 34.0 Å². The van der Waals surface area contributed by atoms with E-state index in [2.05, 4.69) is 21.2 Å². The fourth-order valence-electron chi connectivity index (χ4n) is 2.47. The van der Waals surface area contributed by atoms with Gasteiger partial charge in [0.05, 0.1) is 6.61 Å². The molecular formula is C15H16BrNO4. The number of ether oxygens (including phenoxy) is 1. The van der Waals surface area contributed by atoms with Crippen molar-refractivity contribution < 1.29 is 19.1 Å². The van der Waals surface area contributed by atoms with Gasteiger partial charge in [-0.3, -0.25) is 4.79 Å². The molecule has 21 heavy (non-hydrogen) atoms. The number of amides is 1. The van der Waals surface area contributed by atoms with Crippen LogP contribution in [0.15, 0.2) is 27.1 Å². The minimum absolute atomic E-state index is 0.159. The van der Waals surface area contributed by atoms with E-state index in [-0.39, 0.29) is 24.8 Å². The van der Waals surface area contributed by atoms with Gasteiger partial charge in [0.25, 0.3) is 5.91 Å². The lowest BCUT2D eigenvalue weighted by molar-refractivity contribution is 0.0261. The predicted octanol–water partition coefficient (Wildman–Crippen LogP) is 2.38. The van der Waals surface area contributed by atoms with Crippen molar-refractivity contribution >= 4 is 32.8 Å². The molecule has 1 saturated heterocycles. The first-order valence-electron chi connectivity index (χ1n) is 6.75. The van der Waals surface area contributed by atoms with E-state index in [0.717, 1.165) is 15.4 Å². The van der Waals surface area contributed by atoms with Crippen molar-refractivity contribution in [2.24, 2.45) is 0 Å². The van der Waals surface area contributed by atoms with E-state index >= 15 is 0 Å². The summed E-state index contributed by atoms with van der Waals surface area (Å²) in [6.45, 7) is 2.77. The number of halogens is 1. The molecule has 6 heteroatoms. The number of aliphatic hydroxyl groups is 1. The molecule has 1 amide bonds. The van der Waals surface area contributed by atoms with Gasteiger partial charge in [0, 0.05) is 35.0 Å². The van der Waals surface area contributed by atoms with E-state index in [9.17, 15) is 9.90 Å². The second-order valence-electron chi connectivity index (χ2n) is 5.41. The van der Waals surface area contributed by atoms with Crippen molar-refractivity contribution in [3.8, 4) is 0 Å². The monoisotopic (exact) mass is 353 g/mol. The summed E-state index contributed by atoms with van der Waals surface area (Å²) in [6, 6.07) is 5.61. The highest BCUT2D eigenvalue weighted by atomic mass is 79.9. The summed E-state index contributed by atoms with van der Waals surface area (Å²) in [5, 5.41) is 13.8. The smallest absolute Gasteiger partial charge is 0.287 e. The standard InChI is InChI=1S/C15H16BrNO4/c1-9-11-6-10(16)2-3-12(11)21-13(9)14(18)17-7-15(19)4-5-20-8-15/h2-3,6,19H,4-5,7-8H2,1H3,(H,17,18). The summed E-state index contributed by atoms with van der Waals surface area (Å²) < 4.78 is 11.7. The van der Waals surface area contributed by atoms with Crippen LogP contribution in [0.1, 0.15) is 22.5 Å². The van der Waals surface area contributed by atoms with Crippen LogP contribution in [0.25, 0.3) is 11.0 Å². The van der Waals surface area contributed by atoms with Gasteiger partial charge in [0.2, 0.25) is 0 Å². The zero-order valence-corrected chi connectivity index (χ0v) is 13.2. The molecule has 1 aliphatic rings. The van der Waals surface area contributed by atoms with Gasteiger partial charge in [0.1, 0.15) is 11.2 Å². The Morgan fingerprint density at radius 2 is 2.33 bits per heavy atom. The van der Waals surface area contributed by atoms with Crippen molar-refractivity contribution in [1.82, 2.24) is 5.32 Å². The molecule has 5 nitrogen and oxygen atoms in total. The summed E-state index contributed by atoms with van der Waals surface area (Å²) in [4.78, 5) is 12.3. The fraction of sp³-hybridized carbons (Fsp3) is 0.400. The summed E-state index contributed by atoms with van der Waals surface area (Å²) in [5.41, 5.74) is 0.487. The Morgan fingerprint density at radius 3 is 3.05 bits per heavy atom. The first-order chi connectivity index (χ1) is 9.98. The van der Waals surface area contributed by atoms with Crippen molar-refractivity contribution in [2.45, 2.75) is 18.9 Å². The molecule has 1 aliphatic heterocycles. The third-order valence-electron chi connectivity index (χ3n) is 3.76. The Labute approximate surface area is 130 Å². The number of rotatable bonds is 3. The summed E-state index contributed by atoms with van der Waals surface area (Å²) >= 11 is 3.41. The SMILES string of the molecule is Cc1c(C(=O)NCC2(O)CCOC2)oc2ccc(Br)cc12. The molecule has 0 spiro atoms. The Bertz CT molecular complexity index is 688. The van der Waals surface area contributed by atoms with E-state index in [1.165, 1.54) is 0 Å². The molecule has 2 N–H and O–H groups in total. The number of benzene rings is 1. The van der Waals surface area contributed by atoms with Crippen LogP contribution < -0.4 is 5.32 Å². The van der Waals surface area contributed by atoms with Gasteiger partial charge in [-0.2, -0.15) is 0 Å². The molecule has 1 atom stereocenters. The van der Waals surface area contributed by atoms with E-state index in [4.69, 9.17) is 9.15 Å². The fourth-order valence-corrected chi connectivity index (χ4v) is 2.83. The van der Waals surface area contributed by atoms with Crippen molar-refractivity contribution in [1.29, 1.82) is 0 Å². The average molecular weight is 354 g/mol. The minimum Gasteiger partial charge on any atom is -0.451 e. The van der Waals surface area contributed by atoms with Gasteiger partial charge in [-0.25, -0.2) is 0 Å². The van der Waals surface area contributed by atoms with Gasteiger partial charge < -0.3 is 19.6 Å². The van der Waals surface area contributed by atoms with Crippen LogP contribution in [0.2, 0.25) is 0 Å². The highest BCUT2D eigenvalue weighted by Gasteiger charge is 2.33. The molecule has 0 radical (unpaired) electrons. The van der Waals surface area contributed by atoms with Gasteiger partial charge >= 0.3 is 0 Å². The van der Waals surface area contributed by atoms with Crippen LogP contribution in [0.5, 0.6) is 0 Å². The third-order valence-corrected chi connectivity index (χ3v) is 4.26. The molecule has 1 aromatic heterocycles. The number of hydrogen-bond acceptors (Lipinski definition) is 4. The lowest BCUT2D eigenvalue weighted by Crippen LogP contribution is -2.43. The van der Waals surface area contributed by atoms with E-state index in [1.54, 1.807) is 0 Å².